The van der Waals surface area contributed by atoms with Gasteiger partial charge in [0.05, 0.1) is 36.4 Å². The number of benzene rings is 1. The van der Waals surface area contributed by atoms with Gasteiger partial charge in [0, 0.05) is 43.5 Å². The summed E-state index contributed by atoms with van der Waals surface area (Å²) in [5.41, 5.74) is 6.47. The Morgan fingerprint density at radius 1 is 1.03 bits per heavy atom. The van der Waals surface area contributed by atoms with Crippen molar-refractivity contribution in [3.63, 3.8) is 0 Å². The van der Waals surface area contributed by atoms with Crippen molar-refractivity contribution in [2.24, 2.45) is 12.0 Å². The van der Waals surface area contributed by atoms with E-state index >= 15 is 0 Å². The van der Waals surface area contributed by atoms with Gasteiger partial charge < -0.3 is 9.64 Å². The standard InChI is InChI=1S/C22H22N6O/c1-27-10-16(9-26-27)14-2-3-15-8-23-22(19(15)6-14)20-7-21(25-13-24-20)28-11-17-4-5-18(12-28)29-17/h2-3,6-7,9-10,13,17-18H,4-5,8,11-12H2,1H3. The molecule has 146 valence electrons. The Kier molecular flexibility index (Phi) is 3.77. The zero-order valence-corrected chi connectivity index (χ0v) is 16.3. The molecule has 5 heterocycles. The molecule has 0 radical (unpaired) electrons. The first-order valence-corrected chi connectivity index (χ1v) is 10.1. The minimum atomic E-state index is 0.332. The van der Waals surface area contributed by atoms with E-state index < -0.39 is 0 Å². The quantitative estimate of drug-likeness (QED) is 0.692. The lowest BCUT2D eigenvalue weighted by Gasteiger charge is -2.33. The highest BCUT2D eigenvalue weighted by Crippen LogP contribution is 2.31. The Labute approximate surface area is 169 Å². The van der Waals surface area contributed by atoms with Gasteiger partial charge in [0.25, 0.3) is 0 Å². The van der Waals surface area contributed by atoms with Crippen LogP contribution in [0.4, 0.5) is 5.82 Å². The second-order valence-corrected chi connectivity index (χ2v) is 8.06. The van der Waals surface area contributed by atoms with Gasteiger partial charge in [-0.1, -0.05) is 12.1 Å². The van der Waals surface area contributed by atoms with Crippen LogP contribution in [0.25, 0.3) is 11.1 Å². The fourth-order valence-electron chi connectivity index (χ4n) is 4.60. The van der Waals surface area contributed by atoms with Crippen molar-refractivity contribution >= 4 is 11.5 Å². The molecule has 2 aromatic heterocycles. The summed E-state index contributed by atoms with van der Waals surface area (Å²) in [6.45, 7) is 2.50. The third-order valence-corrected chi connectivity index (χ3v) is 6.07. The van der Waals surface area contributed by atoms with Gasteiger partial charge in [-0.25, -0.2) is 9.97 Å². The Morgan fingerprint density at radius 3 is 2.69 bits per heavy atom. The molecule has 29 heavy (non-hydrogen) atoms. The number of morpholine rings is 1. The molecule has 0 aliphatic carbocycles. The van der Waals surface area contributed by atoms with Crippen LogP contribution < -0.4 is 4.90 Å². The maximum atomic E-state index is 5.97. The van der Waals surface area contributed by atoms with Crippen LogP contribution in [0, 0.1) is 0 Å². The van der Waals surface area contributed by atoms with Crippen molar-refractivity contribution in [3.05, 3.63) is 59.8 Å². The van der Waals surface area contributed by atoms with Gasteiger partial charge in [0.2, 0.25) is 0 Å². The number of aryl methyl sites for hydroxylation is 1. The molecule has 0 N–H and O–H groups in total. The van der Waals surface area contributed by atoms with Crippen molar-refractivity contribution in [1.82, 2.24) is 19.7 Å². The smallest absolute Gasteiger partial charge is 0.132 e. The Hall–Kier alpha value is -3.06. The average molecular weight is 386 g/mol. The summed E-state index contributed by atoms with van der Waals surface area (Å²) in [4.78, 5) is 16.2. The molecule has 0 amide bonds. The maximum absolute atomic E-state index is 5.97. The normalized spacial score (nSPS) is 22.7. The highest BCUT2D eigenvalue weighted by atomic mass is 16.5. The lowest BCUT2D eigenvalue weighted by atomic mass is 9.98. The average Bonchev–Trinajstić information content (AvgIpc) is 3.46. The summed E-state index contributed by atoms with van der Waals surface area (Å²) in [7, 11) is 1.93. The molecule has 6 rings (SSSR count). The Morgan fingerprint density at radius 2 is 1.90 bits per heavy atom. The predicted octanol–water partition coefficient (Wildman–Crippen LogP) is 2.60. The van der Waals surface area contributed by atoms with E-state index in [0.717, 1.165) is 59.8 Å². The van der Waals surface area contributed by atoms with Crippen molar-refractivity contribution < 1.29 is 4.74 Å². The van der Waals surface area contributed by atoms with E-state index in [1.54, 1.807) is 6.33 Å². The molecule has 3 aromatic rings. The van der Waals surface area contributed by atoms with Crippen molar-refractivity contribution in [2.45, 2.75) is 31.6 Å². The van der Waals surface area contributed by atoms with E-state index in [1.807, 2.05) is 24.1 Å². The predicted molar refractivity (Wildman–Crippen MR) is 110 cm³/mol. The van der Waals surface area contributed by atoms with Gasteiger partial charge >= 0.3 is 0 Å². The molecular formula is C22H22N6O. The number of aliphatic imine (C=N–C) groups is 1. The van der Waals surface area contributed by atoms with Crippen LogP contribution in [0.1, 0.15) is 29.7 Å². The van der Waals surface area contributed by atoms with Crippen LogP contribution in [-0.2, 0) is 18.3 Å². The molecule has 3 aliphatic rings. The lowest BCUT2D eigenvalue weighted by molar-refractivity contribution is 0.0302. The molecule has 2 fully saturated rings. The van der Waals surface area contributed by atoms with Crippen molar-refractivity contribution in [3.8, 4) is 11.1 Å². The largest absolute Gasteiger partial charge is 0.371 e. The van der Waals surface area contributed by atoms with Gasteiger partial charge in [-0.05, 0) is 30.0 Å². The summed E-state index contributed by atoms with van der Waals surface area (Å²) in [5, 5.41) is 4.29. The summed E-state index contributed by atoms with van der Waals surface area (Å²) in [6, 6.07) is 8.59. The molecule has 7 heteroatoms. The third-order valence-electron chi connectivity index (χ3n) is 6.07. The second-order valence-electron chi connectivity index (χ2n) is 8.06. The zero-order chi connectivity index (χ0) is 19.4. The summed E-state index contributed by atoms with van der Waals surface area (Å²) < 4.78 is 7.79. The van der Waals surface area contributed by atoms with E-state index in [0.29, 0.717) is 18.8 Å². The molecule has 0 saturated carbocycles. The van der Waals surface area contributed by atoms with Crippen LogP contribution in [0.2, 0.25) is 0 Å². The van der Waals surface area contributed by atoms with Crippen molar-refractivity contribution in [2.75, 3.05) is 18.0 Å². The lowest BCUT2D eigenvalue weighted by Crippen LogP contribution is -2.43. The number of fused-ring (bicyclic) bond motifs is 3. The zero-order valence-electron chi connectivity index (χ0n) is 16.3. The topological polar surface area (TPSA) is 68.4 Å². The summed E-state index contributed by atoms with van der Waals surface area (Å²) in [6.07, 6.45) is 8.55. The fourth-order valence-corrected chi connectivity index (χ4v) is 4.60. The van der Waals surface area contributed by atoms with Crippen LogP contribution in [0.3, 0.4) is 0 Å². The molecule has 2 unspecified atom stereocenters. The first kappa shape index (κ1) is 16.9. The SMILES string of the molecule is Cn1cc(-c2ccc3c(c2)C(c2cc(N4CC5CCC(C4)O5)ncn2)=NC3)cn1. The second kappa shape index (κ2) is 6.49. The molecular weight excluding hydrogens is 364 g/mol. The van der Waals surface area contributed by atoms with Gasteiger partial charge in [-0.3, -0.25) is 9.67 Å². The summed E-state index contributed by atoms with van der Waals surface area (Å²) >= 11 is 0. The summed E-state index contributed by atoms with van der Waals surface area (Å²) in [5.74, 6) is 0.967. The van der Waals surface area contributed by atoms with Crippen molar-refractivity contribution in [1.29, 1.82) is 0 Å². The number of aromatic nitrogens is 4. The van der Waals surface area contributed by atoms with Crippen LogP contribution in [-0.4, -0.2) is 50.8 Å². The number of hydrogen-bond acceptors (Lipinski definition) is 6. The molecule has 7 nitrogen and oxygen atoms in total. The fraction of sp³-hybridized carbons (Fsp3) is 0.364. The molecule has 0 spiro atoms. The van der Waals surface area contributed by atoms with E-state index in [9.17, 15) is 0 Å². The van der Waals surface area contributed by atoms with Gasteiger partial charge in [-0.15, -0.1) is 0 Å². The molecule has 1 aromatic carbocycles. The van der Waals surface area contributed by atoms with Crippen LogP contribution in [0.15, 0.2) is 48.0 Å². The molecule has 2 bridgehead atoms. The van der Waals surface area contributed by atoms with Gasteiger partial charge in [0.1, 0.15) is 12.1 Å². The Bertz CT molecular complexity index is 1110. The highest BCUT2D eigenvalue weighted by Gasteiger charge is 2.34. The molecule has 2 atom stereocenters. The Balaban J connectivity index is 1.33. The minimum Gasteiger partial charge on any atom is -0.371 e. The van der Waals surface area contributed by atoms with E-state index in [4.69, 9.17) is 9.73 Å². The van der Waals surface area contributed by atoms with Crippen LogP contribution >= 0.6 is 0 Å². The maximum Gasteiger partial charge on any atom is 0.132 e. The number of hydrogen-bond donors (Lipinski definition) is 0. The van der Waals surface area contributed by atoms with E-state index in [1.165, 1.54) is 5.56 Å². The number of nitrogens with zero attached hydrogens (tertiary/aromatic N) is 6. The van der Waals surface area contributed by atoms with Gasteiger partial charge in [-0.2, -0.15) is 5.10 Å². The number of ether oxygens (including phenoxy) is 1. The van der Waals surface area contributed by atoms with E-state index in [-0.39, 0.29) is 0 Å². The highest BCUT2D eigenvalue weighted by molar-refractivity contribution is 6.14. The van der Waals surface area contributed by atoms with Gasteiger partial charge in [0.15, 0.2) is 0 Å². The molecule has 3 aliphatic heterocycles. The monoisotopic (exact) mass is 386 g/mol. The van der Waals surface area contributed by atoms with Crippen LogP contribution in [0.5, 0.6) is 0 Å². The minimum absolute atomic E-state index is 0.332. The molecule has 2 saturated heterocycles. The number of rotatable bonds is 3. The first-order valence-electron chi connectivity index (χ1n) is 10.1. The third kappa shape index (κ3) is 2.93. The van der Waals surface area contributed by atoms with E-state index in [2.05, 4.69) is 44.2 Å². The number of anilines is 1. The first-order chi connectivity index (χ1) is 14.2.